The molecule has 0 unspecified atom stereocenters. The van der Waals surface area contributed by atoms with Crippen LogP contribution in [0, 0.1) is 5.82 Å². The number of aliphatic imine (C=N–C) groups is 1. The van der Waals surface area contributed by atoms with E-state index in [9.17, 15) is 4.39 Å². The van der Waals surface area contributed by atoms with Crippen LogP contribution in [0.5, 0.6) is 0 Å². The second-order valence-corrected chi connectivity index (χ2v) is 6.60. The van der Waals surface area contributed by atoms with Gasteiger partial charge in [-0.05, 0) is 31.9 Å². The second-order valence-electron chi connectivity index (χ2n) is 6.60. The van der Waals surface area contributed by atoms with Crippen molar-refractivity contribution in [1.29, 1.82) is 0 Å². The van der Waals surface area contributed by atoms with E-state index >= 15 is 0 Å². The molecule has 0 aromatic heterocycles. The minimum atomic E-state index is -0.147. The van der Waals surface area contributed by atoms with Crippen LogP contribution in [0.1, 0.15) is 19.8 Å². The average Bonchev–Trinajstić information content (AvgIpc) is 2.69. The van der Waals surface area contributed by atoms with Gasteiger partial charge in [0, 0.05) is 39.3 Å². The quantitative estimate of drug-likeness (QED) is 0.498. The molecule has 0 saturated carbocycles. The second kappa shape index (κ2) is 9.57. The lowest BCUT2D eigenvalue weighted by atomic mass is 10.1. The van der Waals surface area contributed by atoms with Gasteiger partial charge in [-0.1, -0.05) is 23.8 Å². The van der Waals surface area contributed by atoms with Gasteiger partial charge in [-0.15, -0.1) is 0 Å². The Balaban J connectivity index is 1.55. The molecule has 2 aliphatic heterocycles. The summed E-state index contributed by atoms with van der Waals surface area (Å²) in [6.07, 6.45) is 4.19. The van der Waals surface area contributed by atoms with Crippen molar-refractivity contribution in [3.8, 4) is 0 Å². The molecule has 1 saturated heterocycles. The van der Waals surface area contributed by atoms with Crippen LogP contribution in [0.15, 0.2) is 40.9 Å². The summed E-state index contributed by atoms with van der Waals surface area (Å²) in [7, 11) is 0. The average molecular weight is 360 g/mol. The van der Waals surface area contributed by atoms with Gasteiger partial charge in [0.15, 0.2) is 5.96 Å². The molecule has 6 heteroatoms. The maximum absolute atomic E-state index is 14.0. The van der Waals surface area contributed by atoms with E-state index in [2.05, 4.69) is 28.1 Å². The Bertz CT molecular complexity index is 638. The van der Waals surface area contributed by atoms with Gasteiger partial charge in [-0.3, -0.25) is 4.99 Å². The Kier molecular flexibility index (Phi) is 6.89. The van der Waals surface area contributed by atoms with E-state index in [1.807, 2.05) is 12.1 Å². The number of halogens is 1. The Labute approximate surface area is 155 Å². The molecule has 2 aliphatic rings. The summed E-state index contributed by atoms with van der Waals surface area (Å²) in [6.45, 7) is 8.58. The number of rotatable bonds is 5. The zero-order valence-electron chi connectivity index (χ0n) is 15.6. The van der Waals surface area contributed by atoms with Crippen molar-refractivity contribution < 1.29 is 9.13 Å². The molecule has 1 aromatic carbocycles. The highest BCUT2D eigenvalue weighted by Crippen LogP contribution is 2.20. The number of nitrogens with zero attached hydrogens (tertiary/aromatic N) is 3. The van der Waals surface area contributed by atoms with Crippen molar-refractivity contribution in [2.45, 2.75) is 19.8 Å². The highest BCUT2D eigenvalue weighted by atomic mass is 19.1. The highest BCUT2D eigenvalue weighted by Gasteiger charge is 2.21. The predicted molar refractivity (Wildman–Crippen MR) is 104 cm³/mol. The van der Waals surface area contributed by atoms with E-state index in [0.29, 0.717) is 5.69 Å². The third kappa shape index (κ3) is 4.97. The van der Waals surface area contributed by atoms with Crippen LogP contribution in [0.4, 0.5) is 10.1 Å². The molecule has 0 radical (unpaired) electrons. The number of piperazine rings is 1. The molecule has 0 bridgehead atoms. The molecular formula is C20H29FN4O. The van der Waals surface area contributed by atoms with Crippen molar-refractivity contribution in [3.05, 3.63) is 41.7 Å². The maximum Gasteiger partial charge on any atom is 0.194 e. The van der Waals surface area contributed by atoms with Gasteiger partial charge < -0.3 is 19.9 Å². The fraction of sp³-hybridized carbons (Fsp3) is 0.550. The smallest absolute Gasteiger partial charge is 0.194 e. The molecular weight excluding hydrogens is 331 g/mol. The Morgan fingerprint density at radius 2 is 2.04 bits per heavy atom. The monoisotopic (exact) mass is 360 g/mol. The minimum Gasteiger partial charge on any atom is -0.377 e. The standard InChI is InChI=1S/C20H29FN4O/c1-2-22-20(23-10-7-17-8-15-26-16-9-17)25-13-11-24(12-14-25)19-6-4-3-5-18(19)21/h3-6,8H,2,7,9-16H2,1H3,(H,22,23). The first-order valence-corrected chi connectivity index (χ1v) is 9.56. The Hall–Kier alpha value is -2.08. The van der Waals surface area contributed by atoms with Crippen LogP contribution in [-0.2, 0) is 4.74 Å². The van der Waals surface area contributed by atoms with Crippen LogP contribution in [0.25, 0.3) is 0 Å². The number of para-hydroxylation sites is 1. The minimum absolute atomic E-state index is 0.147. The third-order valence-corrected chi connectivity index (χ3v) is 4.86. The molecule has 0 spiro atoms. The van der Waals surface area contributed by atoms with Gasteiger partial charge >= 0.3 is 0 Å². The molecule has 26 heavy (non-hydrogen) atoms. The fourth-order valence-corrected chi connectivity index (χ4v) is 3.39. The van der Waals surface area contributed by atoms with Crippen LogP contribution in [0.3, 0.4) is 0 Å². The zero-order valence-corrected chi connectivity index (χ0v) is 15.6. The lowest BCUT2D eigenvalue weighted by molar-refractivity contribution is 0.153. The SMILES string of the molecule is CCNC(=NCCC1=CCOCC1)N1CCN(c2ccccc2F)CC1. The van der Waals surface area contributed by atoms with Crippen LogP contribution in [-0.4, -0.2) is 63.3 Å². The number of hydrogen-bond donors (Lipinski definition) is 1. The first-order valence-electron chi connectivity index (χ1n) is 9.56. The predicted octanol–water partition coefficient (Wildman–Crippen LogP) is 2.65. The highest BCUT2D eigenvalue weighted by molar-refractivity contribution is 5.80. The van der Waals surface area contributed by atoms with Crippen LogP contribution < -0.4 is 10.2 Å². The number of benzene rings is 1. The first kappa shape index (κ1) is 18.7. The number of ether oxygens (including phenoxy) is 1. The molecule has 3 rings (SSSR count). The fourth-order valence-electron chi connectivity index (χ4n) is 3.39. The lowest BCUT2D eigenvalue weighted by Gasteiger charge is -2.37. The van der Waals surface area contributed by atoms with Gasteiger partial charge in [-0.25, -0.2) is 4.39 Å². The van der Waals surface area contributed by atoms with Gasteiger partial charge in [0.05, 0.1) is 18.9 Å². The summed E-state index contributed by atoms with van der Waals surface area (Å²) in [5.41, 5.74) is 2.14. The summed E-state index contributed by atoms with van der Waals surface area (Å²) < 4.78 is 19.3. The molecule has 1 fully saturated rings. The Morgan fingerprint density at radius 3 is 2.73 bits per heavy atom. The summed E-state index contributed by atoms with van der Waals surface area (Å²) in [6, 6.07) is 7.00. The van der Waals surface area contributed by atoms with Gasteiger partial charge in [0.1, 0.15) is 5.82 Å². The van der Waals surface area contributed by atoms with Gasteiger partial charge in [0.2, 0.25) is 0 Å². The van der Waals surface area contributed by atoms with Crippen LogP contribution in [0.2, 0.25) is 0 Å². The van der Waals surface area contributed by atoms with Crippen molar-refractivity contribution in [2.75, 3.05) is 57.4 Å². The van der Waals surface area contributed by atoms with Crippen LogP contribution >= 0.6 is 0 Å². The summed E-state index contributed by atoms with van der Waals surface area (Å²) in [5.74, 6) is 0.819. The van der Waals surface area contributed by atoms with E-state index in [1.54, 1.807) is 6.07 Å². The summed E-state index contributed by atoms with van der Waals surface area (Å²) in [4.78, 5) is 9.19. The Morgan fingerprint density at radius 1 is 1.23 bits per heavy atom. The van der Waals surface area contributed by atoms with E-state index < -0.39 is 0 Å². The number of hydrogen-bond acceptors (Lipinski definition) is 3. The van der Waals surface area contributed by atoms with E-state index in [1.165, 1.54) is 11.6 Å². The number of anilines is 1. The molecule has 1 N–H and O–H groups in total. The normalized spacial score (nSPS) is 18.7. The molecule has 142 valence electrons. The molecule has 0 aliphatic carbocycles. The van der Waals surface area contributed by atoms with Crippen molar-refractivity contribution >= 4 is 11.6 Å². The third-order valence-electron chi connectivity index (χ3n) is 4.86. The summed E-state index contributed by atoms with van der Waals surface area (Å²) >= 11 is 0. The van der Waals surface area contributed by atoms with E-state index in [4.69, 9.17) is 9.73 Å². The first-order chi connectivity index (χ1) is 12.8. The van der Waals surface area contributed by atoms with Crippen molar-refractivity contribution in [3.63, 3.8) is 0 Å². The topological polar surface area (TPSA) is 40.1 Å². The number of guanidine groups is 1. The van der Waals surface area contributed by atoms with E-state index in [0.717, 1.165) is 71.3 Å². The largest absolute Gasteiger partial charge is 0.377 e. The molecule has 1 aromatic rings. The molecule has 5 nitrogen and oxygen atoms in total. The molecule has 2 heterocycles. The maximum atomic E-state index is 14.0. The zero-order chi connectivity index (χ0) is 18.2. The van der Waals surface area contributed by atoms with Crippen molar-refractivity contribution in [1.82, 2.24) is 10.2 Å². The van der Waals surface area contributed by atoms with Gasteiger partial charge in [-0.2, -0.15) is 0 Å². The lowest BCUT2D eigenvalue weighted by Crippen LogP contribution is -2.52. The van der Waals surface area contributed by atoms with Crippen molar-refractivity contribution in [2.24, 2.45) is 4.99 Å². The molecule has 0 amide bonds. The summed E-state index contributed by atoms with van der Waals surface area (Å²) in [5, 5.41) is 3.40. The molecule has 0 atom stereocenters. The van der Waals surface area contributed by atoms with E-state index in [-0.39, 0.29) is 5.82 Å². The number of nitrogens with one attached hydrogen (secondary N) is 1. The van der Waals surface area contributed by atoms with Gasteiger partial charge in [0.25, 0.3) is 0 Å².